The first kappa shape index (κ1) is 23.3. The number of benzene rings is 2. The number of fused-ring (bicyclic) bond motifs is 1. The Labute approximate surface area is 192 Å². The number of esters is 1. The molecule has 0 aliphatic carbocycles. The third-order valence-electron chi connectivity index (χ3n) is 5.52. The Hall–Kier alpha value is -2.88. The molecule has 1 N–H and O–H groups in total. The van der Waals surface area contributed by atoms with Crippen molar-refractivity contribution in [3.63, 3.8) is 0 Å². The Kier molecular flexibility index (Phi) is 6.22. The highest BCUT2D eigenvalue weighted by atomic mass is 32.2. The molecule has 1 unspecified atom stereocenters. The molecule has 0 amide bonds. The second kappa shape index (κ2) is 8.81. The number of sulfonamides is 1. The van der Waals surface area contributed by atoms with Crippen LogP contribution in [0.15, 0.2) is 40.8 Å². The Balaban J connectivity index is 1.98. The summed E-state index contributed by atoms with van der Waals surface area (Å²) in [7, 11) is -3.67. The molecule has 1 aliphatic heterocycles. The van der Waals surface area contributed by atoms with E-state index >= 15 is 0 Å². The molecule has 2 aromatic carbocycles. The number of nitrogens with zero attached hydrogens (tertiary/aromatic N) is 1. The van der Waals surface area contributed by atoms with E-state index in [-0.39, 0.29) is 30.5 Å². The summed E-state index contributed by atoms with van der Waals surface area (Å²) in [5.74, 6) is -0.226. The summed E-state index contributed by atoms with van der Waals surface area (Å²) in [5.41, 5.74) is 2.94. The van der Waals surface area contributed by atoms with Crippen LogP contribution < -0.4 is 4.31 Å². The van der Waals surface area contributed by atoms with Crippen molar-refractivity contribution in [1.82, 2.24) is 0 Å². The monoisotopic (exact) mass is 473 g/mol. The molecule has 1 aliphatic rings. The molecule has 4 rings (SSSR count). The van der Waals surface area contributed by atoms with Crippen LogP contribution >= 0.6 is 0 Å². The summed E-state index contributed by atoms with van der Waals surface area (Å²) >= 11 is 0. The molecule has 2 heterocycles. The Morgan fingerprint density at radius 1 is 1.27 bits per heavy atom. The summed E-state index contributed by atoms with van der Waals surface area (Å²) in [5, 5.41) is 11.0. The van der Waals surface area contributed by atoms with Crippen LogP contribution in [0.1, 0.15) is 41.4 Å². The number of carbonyl (C=O) groups excluding carboxylic acids is 1. The van der Waals surface area contributed by atoms with E-state index in [0.717, 1.165) is 11.8 Å². The number of rotatable bonds is 8. The molecule has 0 radical (unpaired) electrons. The van der Waals surface area contributed by atoms with Crippen LogP contribution in [-0.2, 0) is 19.5 Å². The molecule has 2 atom stereocenters. The lowest BCUT2D eigenvalue weighted by Crippen LogP contribution is -2.34. The molecule has 1 fully saturated rings. The molecule has 1 aromatic heterocycles. The molecule has 1 saturated heterocycles. The normalized spacial score (nSPS) is 16.6. The van der Waals surface area contributed by atoms with Crippen LogP contribution in [0.5, 0.6) is 0 Å². The maximum Gasteiger partial charge on any atom is 0.342 e. The molecular formula is C24H27NO7S. The van der Waals surface area contributed by atoms with E-state index in [1.165, 1.54) is 4.31 Å². The number of ether oxygens (including phenoxy) is 2. The van der Waals surface area contributed by atoms with Gasteiger partial charge in [0.1, 0.15) is 16.9 Å². The van der Waals surface area contributed by atoms with Gasteiger partial charge in [-0.2, -0.15) is 0 Å². The van der Waals surface area contributed by atoms with Crippen molar-refractivity contribution in [3.05, 3.63) is 53.1 Å². The number of hydrogen-bond donors (Lipinski definition) is 1. The van der Waals surface area contributed by atoms with Crippen LogP contribution in [0.25, 0.3) is 22.3 Å². The first-order chi connectivity index (χ1) is 15.6. The minimum Gasteiger partial charge on any atom is -0.462 e. The number of hydrogen-bond acceptors (Lipinski definition) is 7. The van der Waals surface area contributed by atoms with Gasteiger partial charge in [0.15, 0.2) is 0 Å². The fourth-order valence-electron chi connectivity index (χ4n) is 3.78. The number of anilines is 1. The largest absolute Gasteiger partial charge is 0.462 e. The first-order valence-corrected chi connectivity index (χ1v) is 12.6. The van der Waals surface area contributed by atoms with E-state index in [4.69, 9.17) is 13.9 Å². The average molecular weight is 474 g/mol. The van der Waals surface area contributed by atoms with Crippen molar-refractivity contribution < 1.29 is 32.2 Å². The lowest BCUT2D eigenvalue weighted by Gasteiger charge is -2.25. The number of aryl methyl sites for hydroxylation is 1. The molecular weight excluding hydrogens is 446 g/mol. The Morgan fingerprint density at radius 3 is 2.48 bits per heavy atom. The number of furan rings is 1. The van der Waals surface area contributed by atoms with Crippen LogP contribution in [0.2, 0.25) is 0 Å². The molecule has 8 nitrogen and oxygen atoms in total. The van der Waals surface area contributed by atoms with E-state index in [2.05, 4.69) is 0 Å². The fraction of sp³-hybridized carbons (Fsp3) is 0.375. The van der Waals surface area contributed by atoms with E-state index in [0.29, 0.717) is 34.5 Å². The van der Waals surface area contributed by atoms with Gasteiger partial charge in [-0.05, 0) is 26.8 Å². The predicted octanol–water partition coefficient (Wildman–Crippen LogP) is 3.80. The zero-order chi connectivity index (χ0) is 23.9. The van der Waals surface area contributed by atoms with Gasteiger partial charge in [0.2, 0.25) is 10.0 Å². The average Bonchev–Trinajstić information content (AvgIpc) is 3.49. The molecule has 33 heavy (non-hydrogen) atoms. The topological polar surface area (TPSA) is 110 Å². The number of epoxide rings is 1. The Morgan fingerprint density at radius 2 is 1.94 bits per heavy atom. The molecule has 0 spiro atoms. The van der Waals surface area contributed by atoms with Gasteiger partial charge in [-0.15, -0.1) is 0 Å². The Bertz CT molecular complexity index is 1290. The highest BCUT2D eigenvalue weighted by Crippen LogP contribution is 2.40. The van der Waals surface area contributed by atoms with E-state index in [1.807, 2.05) is 31.2 Å². The standard InChI is InChI=1S/C24H27NO7S/c1-5-30-24(27)22-19-10-18(15(3)26)20(25(33(4,28)29)12-17-13-31-17)11-21(19)32-23(22)16-8-6-14(2)7-9-16/h6-11,15,17,26H,5,12-13H2,1-4H3/t15-,17?/m0/s1. The van der Waals surface area contributed by atoms with Crippen LogP contribution in [0, 0.1) is 6.92 Å². The summed E-state index contributed by atoms with van der Waals surface area (Å²) in [6, 6.07) is 10.7. The third-order valence-corrected chi connectivity index (χ3v) is 6.67. The van der Waals surface area contributed by atoms with E-state index in [1.54, 1.807) is 26.0 Å². The lowest BCUT2D eigenvalue weighted by atomic mass is 10.0. The summed E-state index contributed by atoms with van der Waals surface area (Å²) in [6.45, 7) is 6.01. The number of aliphatic hydroxyl groups excluding tert-OH is 1. The molecule has 9 heteroatoms. The van der Waals surface area contributed by atoms with Gasteiger partial charge in [0, 0.05) is 22.6 Å². The minimum atomic E-state index is -3.67. The minimum absolute atomic E-state index is 0.125. The third kappa shape index (κ3) is 4.75. The van der Waals surface area contributed by atoms with Crippen molar-refractivity contribution in [1.29, 1.82) is 0 Å². The SMILES string of the molecule is CCOC(=O)c1c(-c2ccc(C)cc2)oc2cc(N(CC3CO3)S(C)(=O)=O)c([C@H](C)O)cc12. The van der Waals surface area contributed by atoms with Crippen LogP contribution in [-0.4, -0.2) is 51.6 Å². The van der Waals surface area contributed by atoms with Crippen LogP contribution in [0.3, 0.4) is 0 Å². The first-order valence-electron chi connectivity index (χ1n) is 10.7. The van der Waals surface area contributed by atoms with Gasteiger partial charge >= 0.3 is 5.97 Å². The second-order valence-corrected chi connectivity index (χ2v) is 10.1. The summed E-state index contributed by atoms with van der Waals surface area (Å²) in [4.78, 5) is 12.9. The summed E-state index contributed by atoms with van der Waals surface area (Å²) in [6.07, 6.45) is -0.0939. The summed E-state index contributed by atoms with van der Waals surface area (Å²) < 4.78 is 43.1. The van der Waals surface area contributed by atoms with Gasteiger partial charge in [-0.25, -0.2) is 13.2 Å². The van der Waals surface area contributed by atoms with Crippen molar-refractivity contribution in [2.24, 2.45) is 0 Å². The van der Waals surface area contributed by atoms with Gasteiger partial charge in [-0.3, -0.25) is 4.31 Å². The second-order valence-electron chi connectivity index (χ2n) is 8.23. The molecule has 0 saturated carbocycles. The highest BCUT2D eigenvalue weighted by molar-refractivity contribution is 7.92. The smallest absolute Gasteiger partial charge is 0.342 e. The van der Waals surface area contributed by atoms with Crippen molar-refractivity contribution in [2.75, 3.05) is 30.3 Å². The quantitative estimate of drug-likeness (QED) is 0.391. The van der Waals surface area contributed by atoms with Crippen LogP contribution in [0.4, 0.5) is 5.69 Å². The van der Waals surface area contributed by atoms with Crippen molar-refractivity contribution in [3.8, 4) is 11.3 Å². The molecule has 3 aromatic rings. The zero-order valence-corrected chi connectivity index (χ0v) is 19.8. The maximum atomic E-state index is 12.9. The predicted molar refractivity (Wildman–Crippen MR) is 125 cm³/mol. The lowest BCUT2D eigenvalue weighted by molar-refractivity contribution is 0.0528. The zero-order valence-electron chi connectivity index (χ0n) is 19.0. The van der Waals surface area contributed by atoms with Crippen molar-refractivity contribution >= 4 is 32.6 Å². The highest BCUT2D eigenvalue weighted by Gasteiger charge is 2.33. The van der Waals surface area contributed by atoms with Gasteiger partial charge in [0.25, 0.3) is 0 Å². The van der Waals surface area contributed by atoms with Crippen molar-refractivity contribution in [2.45, 2.75) is 33.0 Å². The number of aliphatic hydroxyl groups is 1. The maximum absolute atomic E-state index is 12.9. The number of carbonyl (C=O) groups is 1. The van der Waals surface area contributed by atoms with E-state index in [9.17, 15) is 18.3 Å². The van der Waals surface area contributed by atoms with Gasteiger partial charge in [-0.1, -0.05) is 29.8 Å². The van der Waals surface area contributed by atoms with Gasteiger partial charge in [0.05, 0.1) is 43.9 Å². The molecule has 176 valence electrons. The fourth-order valence-corrected chi connectivity index (χ4v) is 4.74. The van der Waals surface area contributed by atoms with Gasteiger partial charge < -0.3 is 19.0 Å². The van der Waals surface area contributed by atoms with E-state index < -0.39 is 22.1 Å². The molecule has 0 bridgehead atoms.